The predicted octanol–water partition coefficient (Wildman–Crippen LogP) is 7.41. The van der Waals surface area contributed by atoms with E-state index in [1.807, 2.05) is 13.8 Å². The molecular formula is C27H26ClF3NNaO5P. The van der Waals surface area contributed by atoms with Crippen molar-refractivity contribution in [3.8, 4) is 28.3 Å². The van der Waals surface area contributed by atoms with Crippen molar-refractivity contribution in [3.05, 3.63) is 71.2 Å². The Balaban J connectivity index is 0.00000420. The van der Waals surface area contributed by atoms with Gasteiger partial charge in [0.2, 0.25) is 0 Å². The van der Waals surface area contributed by atoms with Crippen LogP contribution in [0.15, 0.2) is 60.7 Å². The first-order valence-corrected chi connectivity index (χ1v) is 13.7. The monoisotopic (exact) mass is 590 g/mol. The minimum atomic E-state index is -4.90. The zero-order valence-corrected chi connectivity index (χ0v) is 25.7. The second kappa shape index (κ2) is 12.3. The van der Waals surface area contributed by atoms with E-state index in [1.165, 1.54) is 12.1 Å². The number of hydrogen-bond donors (Lipinski definition) is 1. The molecule has 4 aromatic rings. The Bertz CT molecular complexity index is 1520. The molecule has 4 rings (SSSR count). The molecule has 39 heavy (non-hydrogen) atoms. The molecule has 1 aromatic heterocycles. The fraction of sp³-hybridized carbons (Fsp3) is 0.259. The van der Waals surface area contributed by atoms with Gasteiger partial charge in [-0.25, -0.2) is 0 Å². The van der Waals surface area contributed by atoms with Crippen LogP contribution in [0.5, 0.6) is 11.5 Å². The third kappa shape index (κ3) is 7.03. The Morgan fingerprint density at radius 2 is 1.64 bits per heavy atom. The normalized spacial score (nSPS) is 13.3. The average molecular weight is 591 g/mol. The SMILES string of the molecule is CCOP(=O)(O)c1c(C)c2cc(-c3ccc(Cl)c(OC(F)(F)F)c3)ccc2n1-c1ccc(OC(C)C)cc1.[Na]. The van der Waals surface area contributed by atoms with E-state index >= 15 is 0 Å². The first-order valence-electron chi connectivity index (χ1n) is 11.8. The summed E-state index contributed by atoms with van der Waals surface area (Å²) in [5.41, 5.74) is 2.83. The number of benzene rings is 3. The summed E-state index contributed by atoms with van der Waals surface area (Å²) in [5, 5.41) is 0.446. The van der Waals surface area contributed by atoms with Crippen molar-refractivity contribution in [2.45, 2.75) is 40.2 Å². The Morgan fingerprint density at radius 3 is 2.23 bits per heavy atom. The van der Waals surface area contributed by atoms with Gasteiger partial charge in [-0.1, -0.05) is 23.7 Å². The van der Waals surface area contributed by atoms with Crippen molar-refractivity contribution in [2.24, 2.45) is 0 Å². The van der Waals surface area contributed by atoms with Crippen LogP contribution in [-0.4, -0.2) is 58.1 Å². The van der Waals surface area contributed by atoms with Crippen LogP contribution in [0, 0.1) is 6.92 Å². The van der Waals surface area contributed by atoms with E-state index in [0.29, 0.717) is 39.0 Å². The zero-order valence-electron chi connectivity index (χ0n) is 22.0. The largest absolute Gasteiger partial charge is 0.573 e. The van der Waals surface area contributed by atoms with E-state index in [2.05, 4.69) is 4.74 Å². The van der Waals surface area contributed by atoms with E-state index in [0.717, 1.165) is 0 Å². The molecular weight excluding hydrogens is 565 g/mol. The molecule has 1 radical (unpaired) electrons. The molecule has 0 aliphatic carbocycles. The molecule has 0 spiro atoms. The smallest absolute Gasteiger partial charge is 0.491 e. The molecule has 0 bridgehead atoms. The maximum atomic E-state index is 13.3. The summed E-state index contributed by atoms with van der Waals surface area (Å²) in [5.74, 6) is 0.129. The maximum Gasteiger partial charge on any atom is 0.573 e. The van der Waals surface area contributed by atoms with Crippen LogP contribution in [0.25, 0.3) is 27.7 Å². The summed E-state index contributed by atoms with van der Waals surface area (Å²) in [4.78, 5) is 10.9. The average Bonchev–Trinajstić information content (AvgIpc) is 3.12. The Hall–Kier alpha value is -1.97. The van der Waals surface area contributed by atoms with E-state index in [4.69, 9.17) is 20.9 Å². The molecule has 0 fully saturated rings. The van der Waals surface area contributed by atoms with Gasteiger partial charge < -0.3 is 23.5 Å². The van der Waals surface area contributed by atoms with E-state index in [1.54, 1.807) is 66.9 Å². The van der Waals surface area contributed by atoms with Crippen molar-refractivity contribution in [2.75, 3.05) is 6.61 Å². The van der Waals surface area contributed by atoms with Crippen LogP contribution in [0.4, 0.5) is 13.2 Å². The Labute approximate surface area is 251 Å². The number of nitrogens with zero attached hydrogens (tertiary/aromatic N) is 1. The third-order valence-electron chi connectivity index (χ3n) is 5.72. The van der Waals surface area contributed by atoms with E-state index in [9.17, 15) is 22.6 Å². The number of halogens is 4. The molecule has 203 valence electrons. The summed E-state index contributed by atoms with van der Waals surface area (Å²) in [6.07, 6.45) is -4.92. The molecule has 1 heterocycles. The van der Waals surface area contributed by atoms with Crippen LogP contribution in [0.1, 0.15) is 26.3 Å². The van der Waals surface area contributed by atoms with Gasteiger partial charge in [0, 0.05) is 40.6 Å². The molecule has 6 nitrogen and oxygen atoms in total. The van der Waals surface area contributed by atoms with Gasteiger partial charge in [-0.15, -0.1) is 13.2 Å². The topological polar surface area (TPSA) is 69.9 Å². The standard InChI is InChI=1S/C27H26ClF3NO5P.Na/c1-5-35-38(33,34)26-17(4)22-14-18(19-6-12-23(28)25(15-19)37-27(29,30)31)7-13-24(22)32(26)20-8-10-21(11-9-20)36-16(2)3;/h6-16H,5H2,1-4H3,(H,33,34);. The molecule has 0 aliphatic rings. The van der Waals surface area contributed by atoms with Crippen LogP contribution in [-0.2, 0) is 9.09 Å². The summed E-state index contributed by atoms with van der Waals surface area (Å²) in [6.45, 7) is 7.18. The van der Waals surface area contributed by atoms with Crippen molar-refractivity contribution < 1.29 is 36.6 Å². The van der Waals surface area contributed by atoms with Crippen LogP contribution in [0.3, 0.4) is 0 Å². The summed E-state index contributed by atoms with van der Waals surface area (Å²) in [6, 6.07) is 16.4. The van der Waals surface area contributed by atoms with Gasteiger partial charge in [0.1, 0.15) is 16.9 Å². The third-order valence-corrected chi connectivity index (χ3v) is 7.71. The molecule has 1 atom stereocenters. The van der Waals surface area contributed by atoms with Crippen molar-refractivity contribution in [3.63, 3.8) is 0 Å². The van der Waals surface area contributed by atoms with Gasteiger partial charge in [-0.3, -0.25) is 4.57 Å². The minimum absolute atomic E-state index is 0. The quantitative estimate of drug-likeness (QED) is 0.171. The Morgan fingerprint density at radius 1 is 1.03 bits per heavy atom. The fourth-order valence-electron chi connectivity index (χ4n) is 4.28. The molecule has 0 saturated carbocycles. The molecule has 1 unspecified atom stereocenters. The Kier molecular flexibility index (Phi) is 9.93. The number of alkyl halides is 3. The van der Waals surface area contributed by atoms with Crippen molar-refractivity contribution in [1.82, 2.24) is 4.57 Å². The summed E-state index contributed by atoms with van der Waals surface area (Å²) in [7, 11) is -4.25. The van der Waals surface area contributed by atoms with E-state index < -0.39 is 19.7 Å². The van der Waals surface area contributed by atoms with Gasteiger partial charge in [-0.05, 0) is 92.9 Å². The van der Waals surface area contributed by atoms with Crippen LogP contribution in [0.2, 0.25) is 5.02 Å². The molecule has 3 aromatic carbocycles. The number of fused-ring (bicyclic) bond motifs is 1. The van der Waals surface area contributed by atoms with Crippen LogP contribution < -0.4 is 14.9 Å². The van der Waals surface area contributed by atoms with E-state index in [-0.39, 0.29) is 52.7 Å². The zero-order chi connectivity index (χ0) is 27.8. The van der Waals surface area contributed by atoms with Gasteiger partial charge in [0.05, 0.1) is 23.3 Å². The summed E-state index contributed by atoms with van der Waals surface area (Å²) >= 11 is 5.91. The summed E-state index contributed by atoms with van der Waals surface area (Å²) < 4.78 is 68.5. The number of hydrogen-bond acceptors (Lipinski definition) is 4. The van der Waals surface area contributed by atoms with Gasteiger partial charge in [0.25, 0.3) is 0 Å². The number of aryl methyl sites for hydroxylation is 1. The second-order valence-electron chi connectivity index (χ2n) is 8.81. The molecule has 0 saturated heterocycles. The van der Waals surface area contributed by atoms with Crippen molar-refractivity contribution >= 4 is 65.1 Å². The molecule has 12 heteroatoms. The van der Waals surface area contributed by atoms with Gasteiger partial charge in [0.15, 0.2) is 0 Å². The minimum Gasteiger partial charge on any atom is -0.491 e. The first-order chi connectivity index (χ1) is 17.8. The maximum absolute atomic E-state index is 13.3. The van der Waals surface area contributed by atoms with Crippen LogP contribution >= 0.6 is 19.2 Å². The number of aromatic nitrogens is 1. The van der Waals surface area contributed by atoms with Gasteiger partial charge >= 0.3 is 14.0 Å². The van der Waals surface area contributed by atoms with Gasteiger partial charge in [-0.2, -0.15) is 0 Å². The number of rotatable bonds is 8. The van der Waals surface area contributed by atoms with Crippen molar-refractivity contribution in [1.29, 1.82) is 0 Å². The fourth-order valence-corrected chi connectivity index (χ4v) is 5.93. The first kappa shape index (κ1) is 31.6. The molecule has 0 amide bonds. The molecule has 1 N–H and O–H groups in total. The second-order valence-corrected chi connectivity index (χ2v) is 10.9. The molecule has 0 aliphatic heterocycles. The number of ether oxygens (including phenoxy) is 2. The predicted molar refractivity (Wildman–Crippen MR) is 148 cm³/mol.